The van der Waals surface area contributed by atoms with Gasteiger partial charge in [-0.15, -0.1) is 0 Å². The number of hydrazone groups is 1. The quantitative estimate of drug-likeness (QED) is 0.726. The van der Waals surface area contributed by atoms with Crippen LogP contribution in [-0.4, -0.2) is 15.9 Å². The first-order valence-corrected chi connectivity index (χ1v) is 6.27. The van der Waals surface area contributed by atoms with Crippen molar-refractivity contribution in [2.75, 3.05) is 5.73 Å². The summed E-state index contributed by atoms with van der Waals surface area (Å²) in [6.45, 7) is 5.36. The molecule has 2 rings (SSSR count). The molecular formula is C13H17ClN4O. The Morgan fingerprint density at radius 3 is 2.74 bits per heavy atom. The molecule has 0 aliphatic carbocycles. The van der Waals surface area contributed by atoms with Crippen molar-refractivity contribution < 1.29 is 5.11 Å². The maximum Gasteiger partial charge on any atom is 0.199 e. The molecule has 1 atom stereocenters. The van der Waals surface area contributed by atoms with E-state index < -0.39 is 5.72 Å². The average Bonchev–Trinajstić information content (AvgIpc) is 2.31. The van der Waals surface area contributed by atoms with E-state index in [-0.39, 0.29) is 0 Å². The van der Waals surface area contributed by atoms with Gasteiger partial charge in [0.05, 0.1) is 16.4 Å². The van der Waals surface area contributed by atoms with Gasteiger partial charge in [0.1, 0.15) is 0 Å². The van der Waals surface area contributed by atoms with Crippen LogP contribution in [0.5, 0.6) is 0 Å². The number of nitrogens with zero attached hydrogens (tertiary/aromatic N) is 2. The number of nitrogen functional groups attached to an aromatic ring is 1. The molecule has 0 radical (unpaired) electrons. The summed E-state index contributed by atoms with van der Waals surface area (Å²) < 4.78 is 0. The van der Waals surface area contributed by atoms with Crippen molar-refractivity contribution in [3.63, 3.8) is 0 Å². The first-order valence-electron chi connectivity index (χ1n) is 5.89. The summed E-state index contributed by atoms with van der Waals surface area (Å²) in [5.74, 6) is 0. The highest BCUT2D eigenvalue weighted by Crippen LogP contribution is 2.33. The Morgan fingerprint density at radius 2 is 2.11 bits per heavy atom. The lowest BCUT2D eigenvalue weighted by atomic mass is 10.0. The number of para-hydroxylation sites is 1. The number of anilines is 1. The third-order valence-corrected chi connectivity index (χ3v) is 3.27. The number of benzene rings is 1. The molecule has 1 aliphatic heterocycles. The summed E-state index contributed by atoms with van der Waals surface area (Å²) in [5.41, 5.74) is 10.0. The molecule has 102 valence electrons. The van der Waals surface area contributed by atoms with Gasteiger partial charge in [-0.3, -0.25) is 5.43 Å². The molecule has 1 aromatic carbocycles. The van der Waals surface area contributed by atoms with E-state index in [4.69, 9.17) is 17.3 Å². The summed E-state index contributed by atoms with van der Waals surface area (Å²) >= 11 is 5.99. The maximum absolute atomic E-state index is 10.7. The number of rotatable bonds is 2. The zero-order valence-corrected chi connectivity index (χ0v) is 11.9. The van der Waals surface area contributed by atoms with Gasteiger partial charge in [-0.2, -0.15) is 10.2 Å². The third kappa shape index (κ3) is 2.52. The van der Waals surface area contributed by atoms with Crippen molar-refractivity contribution in [3.8, 4) is 0 Å². The van der Waals surface area contributed by atoms with E-state index in [1.807, 2.05) is 19.9 Å². The second kappa shape index (κ2) is 4.75. The van der Waals surface area contributed by atoms with Crippen LogP contribution >= 0.6 is 11.6 Å². The zero-order valence-electron chi connectivity index (χ0n) is 11.1. The summed E-state index contributed by atoms with van der Waals surface area (Å²) in [7, 11) is 0. The maximum atomic E-state index is 10.7. The fraction of sp³-hybridized carbons (Fsp3) is 0.308. The van der Waals surface area contributed by atoms with Crippen molar-refractivity contribution in [2.24, 2.45) is 5.10 Å². The van der Waals surface area contributed by atoms with Crippen LogP contribution in [0.2, 0.25) is 5.02 Å². The second-order valence-corrected chi connectivity index (χ2v) is 5.12. The van der Waals surface area contributed by atoms with E-state index in [0.717, 1.165) is 11.4 Å². The van der Waals surface area contributed by atoms with Crippen LogP contribution in [0.4, 0.5) is 5.69 Å². The fourth-order valence-electron chi connectivity index (χ4n) is 1.99. The van der Waals surface area contributed by atoms with Crippen LogP contribution in [0, 0.1) is 0 Å². The molecule has 0 aromatic heterocycles. The standard InChI is InChI=1S/C13H17ClN4O/c1-8-7-9(2)17-18(16-8)13(3,19)10-5-4-6-11(14)12(10)15/h4-7,16,19H,15H2,1-3H3. The topological polar surface area (TPSA) is 73.9 Å². The lowest BCUT2D eigenvalue weighted by molar-refractivity contribution is -0.124. The first-order chi connectivity index (χ1) is 8.82. The molecule has 1 unspecified atom stereocenters. The summed E-state index contributed by atoms with van der Waals surface area (Å²) in [5, 5.41) is 16.8. The fourth-order valence-corrected chi connectivity index (χ4v) is 2.17. The number of hydrogen-bond acceptors (Lipinski definition) is 5. The van der Waals surface area contributed by atoms with Crippen molar-refractivity contribution in [1.29, 1.82) is 0 Å². The Balaban J connectivity index is 2.43. The number of aliphatic hydroxyl groups is 1. The summed E-state index contributed by atoms with van der Waals surface area (Å²) in [6, 6.07) is 5.15. The molecule has 0 saturated heterocycles. The Hall–Kier alpha value is -1.72. The monoisotopic (exact) mass is 280 g/mol. The minimum atomic E-state index is -1.41. The van der Waals surface area contributed by atoms with Gasteiger partial charge in [-0.25, -0.2) is 0 Å². The van der Waals surface area contributed by atoms with Crippen LogP contribution in [0.3, 0.4) is 0 Å². The molecule has 1 aliphatic rings. The molecule has 6 heteroatoms. The van der Waals surface area contributed by atoms with E-state index >= 15 is 0 Å². The molecule has 1 aromatic rings. The Kier molecular flexibility index (Phi) is 3.43. The molecule has 0 saturated carbocycles. The second-order valence-electron chi connectivity index (χ2n) is 4.71. The Bertz CT molecular complexity index is 566. The molecule has 0 amide bonds. The Labute approximate surface area is 117 Å². The van der Waals surface area contributed by atoms with Crippen LogP contribution in [-0.2, 0) is 5.72 Å². The van der Waals surface area contributed by atoms with Gasteiger partial charge in [0, 0.05) is 11.3 Å². The van der Waals surface area contributed by atoms with Gasteiger partial charge in [0.2, 0.25) is 0 Å². The first kappa shape index (κ1) is 13.7. The molecule has 0 bridgehead atoms. The molecule has 1 heterocycles. The van der Waals surface area contributed by atoms with Gasteiger partial charge in [0.15, 0.2) is 5.72 Å². The normalized spacial score (nSPS) is 18.3. The SMILES string of the molecule is CC1=CC(C)=NN(C(C)(O)c2cccc(Cl)c2N)N1. The number of hydrazine groups is 1. The summed E-state index contributed by atoms with van der Waals surface area (Å²) in [4.78, 5) is 0. The van der Waals surface area contributed by atoms with Crippen molar-refractivity contribution in [1.82, 2.24) is 10.5 Å². The van der Waals surface area contributed by atoms with E-state index in [9.17, 15) is 5.11 Å². The van der Waals surface area contributed by atoms with E-state index in [0.29, 0.717) is 16.3 Å². The van der Waals surface area contributed by atoms with Gasteiger partial charge < -0.3 is 10.8 Å². The van der Waals surface area contributed by atoms with Gasteiger partial charge in [0.25, 0.3) is 0 Å². The molecule has 19 heavy (non-hydrogen) atoms. The third-order valence-electron chi connectivity index (χ3n) is 2.94. The van der Waals surface area contributed by atoms with Crippen molar-refractivity contribution in [2.45, 2.75) is 26.5 Å². The molecule has 0 fully saturated rings. The van der Waals surface area contributed by atoms with Crippen LogP contribution in [0.1, 0.15) is 26.3 Å². The van der Waals surface area contributed by atoms with E-state index in [1.165, 1.54) is 5.12 Å². The van der Waals surface area contributed by atoms with Gasteiger partial charge in [-0.1, -0.05) is 23.7 Å². The van der Waals surface area contributed by atoms with Crippen LogP contribution in [0.15, 0.2) is 35.1 Å². The molecule has 0 spiro atoms. The van der Waals surface area contributed by atoms with Crippen LogP contribution in [0.25, 0.3) is 0 Å². The highest BCUT2D eigenvalue weighted by atomic mass is 35.5. The number of nitrogens with one attached hydrogen (secondary N) is 1. The number of halogens is 1. The predicted molar refractivity (Wildman–Crippen MR) is 77.3 cm³/mol. The Morgan fingerprint density at radius 1 is 1.42 bits per heavy atom. The highest BCUT2D eigenvalue weighted by molar-refractivity contribution is 6.33. The molecular weight excluding hydrogens is 264 g/mol. The van der Waals surface area contributed by atoms with E-state index in [2.05, 4.69) is 10.5 Å². The van der Waals surface area contributed by atoms with Crippen LogP contribution < -0.4 is 11.2 Å². The number of hydrogen-bond donors (Lipinski definition) is 3. The lowest BCUT2D eigenvalue weighted by Gasteiger charge is -2.38. The lowest BCUT2D eigenvalue weighted by Crippen LogP contribution is -2.50. The minimum absolute atomic E-state index is 0.344. The molecule has 4 N–H and O–H groups in total. The smallest absolute Gasteiger partial charge is 0.199 e. The van der Waals surface area contributed by atoms with Gasteiger partial charge >= 0.3 is 0 Å². The molecule has 5 nitrogen and oxygen atoms in total. The minimum Gasteiger partial charge on any atom is -0.397 e. The van der Waals surface area contributed by atoms with Crippen molar-refractivity contribution in [3.05, 3.63) is 40.6 Å². The highest BCUT2D eigenvalue weighted by Gasteiger charge is 2.34. The van der Waals surface area contributed by atoms with Crippen molar-refractivity contribution >= 4 is 23.0 Å². The predicted octanol–water partition coefficient (Wildman–Crippen LogP) is 2.19. The largest absolute Gasteiger partial charge is 0.397 e. The van der Waals surface area contributed by atoms with E-state index in [1.54, 1.807) is 25.1 Å². The summed E-state index contributed by atoms with van der Waals surface area (Å²) in [6.07, 6.45) is 1.88. The average molecular weight is 281 g/mol. The number of allylic oxidation sites excluding steroid dienone is 2. The van der Waals surface area contributed by atoms with Gasteiger partial charge in [-0.05, 0) is 32.9 Å². The number of nitrogens with two attached hydrogens (primary N) is 1. The zero-order chi connectivity index (χ0) is 14.2.